The topological polar surface area (TPSA) is 84.5 Å². The van der Waals surface area contributed by atoms with E-state index in [0.29, 0.717) is 28.5 Å². The second-order valence-electron chi connectivity index (χ2n) is 9.69. The molecule has 4 bridgehead atoms. The van der Waals surface area contributed by atoms with Crippen molar-refractivity contribution in [3.05, 3.63) is 29.3 Å². The molecule has 1 aromatic carbocycles. The van der Waals surface area contributed by atoms with Crippen LogP contribution in [0.3, 0.4) is 0 Å². The Bertz CT molecular complexity index is 884. The first-order valence-corrected chi connectivity index (χ1v) is 12.5. The fourth-order valence-electron chi connectivity index (χ4n) is 5.95. The fraction of sp³-hybridized carbons (Fsp3) is 0.667. The van der Waals surface area contributed by atoms with Crippen molar-refractivity contribution in [3.63, 3.8) is 0 Å². The quantitative estimate of drug-likeness (QED) is 0.711. The van der Waals surface area contributed by atoms with Gasteiger partial charge in [0.25, 0.3) is 5.91 Å². The molecule has 0 saturated heterocycles. The molecule has 0 radical (unpaired) electrons. The van der Waals surface area contributed by atoms with Crippen molar-refractivity contribution >= 4 is 27.5 Å². The maximum atomic E-state index is 13.1. The molecule has 8 heteroatoms. The number of hydrogen-bond donors (Lipinski definition) is 2. The molecule has 1 unspecified atom stereocenters. The monoisotopic (exact) mass is 440 g/mol. The van der Waals surface area contributed by atoms with E-state index in [1.165, 1.54) is 6.26 Å². The second-order valence-corrected chi connectivity index (χ2v) is 11.9. The van der Waals surface area contributed by atoms with Gasteiger partial charge in [0.1, 0.15) is 5.75 Å². The van der Waals surface area contributed by atoms with E-state index >= 15 is 0 Å². The zero-order valence-corrected chi connectivity index (χ0v) is 18.6. The van der Waals surface area contributed by atoms with Gasteiger partial charge in [-0.1, -0.05) is 11.6 Å². The lowest BCUT2D eigenvalue weighted by Crippen LogP contribution is -2.67. The maximum Gasteiger partial charge on any atom is 0.263 e. The van der Waals surface area contributed by atoms with E-state index in [9.17, 15) is 13.2 Å². The van der Waals surface area contributed by atoms with Crippen molar-refractivity contribution in [2.45, 2.75) is 63.1 Å². The molecule has 5 atom stereocenters. The number of halogens is 1. The van der Waals surface area contributed by atoms with E-state index in [1.807, 2.05) is 0 Å². The van der Waals surface area contributed by atoms with Gasteiger partial charge in [0.2, 0.25) is 10.0 Å². The summed E-state index contributed by atoms with van der Waals surface area (Å²) in [5.74, 6) is 1.58. The van der Waals surface area contributed by atoms with Crippen LogP contribution >= 0.6 is 11.6 Å². The van der Waals surface area contributed by atoms with Gasteiger partial charge < -0.3 is 10.1 Å². The number of nitrogens with one attached hydrogen (secondary N) is 2. The van der Waals surface area contributed by atoms with Crippen LogP contribution in [-0.4, -0.2) is 37.8 Å². The molecule has 1 amide bonds. The molecule has 29 heavy (non-hydrogen) atoms. The highest BCUT2D eigenvalue weighted by Gasteiger charge is 2.57. The first kappa shape index (κ1) is 20.9. The Labute approximate surface area is 177 Å². The summed E-state index contributed by atoms with van der Waals surface area (Å²) in [6, 6.07) is 7.04. The number of carbonyl (C=O) groups excluding carboxylic acids is 1. The van der Waals surface area contributed by atoms with Gasteiger partial charge in [-0.3, -0.25) is 4.79 Å². The van der Waals surface area contributed by atoms with Crippen LogP contribution in [0.5, 0.6) is 5.75 Å². The van der Waals surface area contributed by atoms with Crippen LogP contribution in [0, 0.1) is 17.8 Å². The van der Waals surface area contributed by atoms with Crippen LogP contribution in [0.4, 0.5) is 0 Å². The zero-order chi connectivity index (χ0) is 21.0. The van der Waals surface area contributed by atoms with E-state index in [1.54, 1.807) is 38.1 Å². The molecular formula is C21H29ClN2O4S. The lowest BCUT2D eigenvalue weighted by Gasteiger charge is -2.60. The number of amides is 1. The highest BCUT2D eigenvalue weighted by atomic mass is 35.5. The predicted octanol–water partition coefficient (Wildman–Crippen LogP) is 3.11. The Kier molecular flexibility index (Phi) is 5.15. The number of sulfonamides is 1. The first-order valence-electron chi connectivity index (χ1n) is 10.2. The van der Waals surface area contributed by atoms with Gasteiger partial charge in [-0.25, -0.2) is 13.1 Å². The van der Waals surface area contributed by atoms with E-state index in [0.717, 1.165) is 32.1 Å². The predicted molar refractivity (Wildman–Crippen MR) is 112 cm³/mol. The molecule has 6 nitrogen and oxygen atoms in total. The minimum absolute atomic E-state index is 0.0710. The normalized spacial score (nSPS) is 33.5. The number of ether oxygens (including phenoxy) is 1. The van der Waals surface area contributed by atoms with Crippen LogP contribution in [0.15, 0.2) is 24.3 Å². The molecule has 4 fully saturated rings. The van der Waals surface area contributed by atoms with Crippen LogP contribution < -0.4 is 14.8 Å². The molecule has 4 aliphatic carbocycles. The molecule has 4 saturated carbocycles. The third-order valence-electron chi connectivity index (χ3n) is 6.71. The standard InChI is InChI=1S/C21H29ClN2O4S/c1-20(2,28-17-6-4-16(22)5-7-17)19(25)23-18-14-8-13-9-15(18)12-21(10-13,11-14)24-29(3,26)27/h4-7,13-15,18,24H,8-12H2,1-3H3,(H,23,25)/t13?,14-,15+,18+,21+. The largest absolute Gasteiger partial charge is 0.478 e. The molecule has 5 rings (SSSR count). The summed E-state index contributed by atoms with van der Waals surface area (Å²) in [6.07, 6.45) is 5.83. The minimum Gasteiger partial charge on any atom is -0.478 e. The number of hydrogen-bond acceptors (Lipinski definition) is 4. The van der Waals surface area contributed by atoms with Gasteiger partial charge >= 0.3 is 0 Å². The van der Waals surface area contributed by atoms with E-state index in [4.69, 9.17) is 16.3 Å². The first-order chi connectivity index (χ1) is 13.4. The van der Waals surface area contributed by atoms with E-state index < -0.39 is 15.6 Å². The zero-order valence-electron chi connectivity index (χ0n) is 17.1. The van der Waals surface area contributed by atoms with Gasteiger partial charge in [0.15, 0.2) is 5.60 Å². The Balaban J connectivity index is 1.45. The number of carbonyl (C=O) groups is 1. The maximum absolute atomic E-state index is 13.1. The van der Waals surface area contributed by atoms with Crippen molar-refractivity contribution in [1.29, 1.82) is 0 Å². The van der Waals surface area contributed by atoms with Crippen molar-refractivity contribution < 1.29 is 17.9 Å². The van der Waals surface area contributed by atoms with Crippen LogP contribution in [0.1, 0.15) is 46.0 Å². The third-order valence-corrected chi connectivity index (χ3v) is 7.76. The fourth-order valence-corrected chi connectivity index (χ4v) is 7.11. The lowest BCUT2D eigenvalue weighted by molar-refractivity contribution is -0.138. The Morgan fingerprint density at radius 2 is 1.72 bits per heavy atom. The molecule has 0 aliphatic heterocycles. The van der Waals surface area contributed by atoms with Crippen molar-refractivity contribution in [2.24, 2.45) is 17.8 Å². The highest BCUT2D eigenvalue weighted by molar-refractivity contribution is 7.88. The van der Waals surface area contributed by atoms with E-state index in [-0.39, 0.29) is 17.5 Å². The lowest BCUT2D eigenvalue weighted by atomic mass is 9.51. The van der Waals surface area contributed by atoms with Gasteiger partial charge in [-0.05, 0) is 88.0 Å². The Morgan fingerprint density at radius 3 is 2.28 bits per heavy atom. The average molecular weight is 441 g/mol. The summed E-state index contributed by atoms with van der Waals surface area (Å²) in [5, 5.41) is 3.86. The molecule has 4 aliphatic rings. The molecule has 0 heterocycles. The van der Waals surface area contributed by atoms with Crippen molar-refractivity contribution in [3.8, 4) is 5.75 Å². The molecular weight excluding hydrogens is 412 g/mol. The summed E-state index contributed by atoms with van der Waals surface area (Å²) in [6.45, 7) is 3.53. The van der Waals surface area contributed by atoms with Crippen molar-refractivity contribution in [1.82, 2.24) is 10.0 Å². The molecule has 1 aromatic rings. The molecule has 0 spiro atoms. The summed E-state index contributed by atoms with van der Waals surface area (Å²) >= 11 is 5.92. The summed E-state index contributed by atoms with van der Waals surface area (Å²) in [5.41, 5.74) is -1.36. The summed E-state index contributed by atoms with van der Waals surface area (Å²) < 4.78 is 32.7. The summed E-state index contributed by atoms with van der Waals surface area (Å²) in [7, 11) is -3.25. The number of rotatable bonds is 6. The molecule has 2 N–H and O–H groups in total. The minimum atomic E-state index is -3.25. The van der Waals surface area contributed by atoms with Crippen LogP contribution in [0.25, 0.3) is 0 Å². The van der Waals surface area contributed by atoms with Crippen LogP contribution in [-0.2, 0) is 14.8 Å². The van der Waals surface area contributed by atoms with E-state index in [2.05, 4.69) is 10.0 Å². The van der Waals surface area contributed by atoms with Gasteiger partial charge in [0, 0.05) is 16.6 Å². The van der Waals surface area contributed by atoms with Gasteiger partial charge in [-0.2, -0.15) is 0 Å². The van der Waals surface area contributed by atoms with Crippen molar-refractivity contribution in [2.75, 3.05) is 6.26 Å². The molecule has 0 aromatic heterocycles. The number of benzene rings is 1. The molecule has 160 valence electrons. The van der Waals surface area contributed by atoms with Crippen LogP contribution in [0.2, 0.25) is 5.02 Å². The van der Waals surface area contributed by atoms with Gasteiger partial charge in [-0.15, -0.1) is 0 Å². The SMILES string of the molecule is CC(C)(Oc1ccc(Cl)cc1)C(=O)N[C@H]1[C@@H]2CC3C[C@H]1C[C@](NS(C)(=O)=O)(C3)C2. The second kappa shape index (κ2) is 7.13. The smallest absolute Gasteiger partial charge is 0.263 e. The highest BCUT2D eigenvalue weighted by Crippen LogP contribution is 2.56. The third kappa shape index (κ3) is 4.42. The summed E-state index contributed by atoms with van der Waals surface area (Å²) in [4.78, 5) is 13.1. The average Bonchev–Trinajstić information content (AvgIpc) is 2.57. The van der Waals surface area contributed by atoms with Gasteiger partial charge in [0.05, 0.1) is 6.26 Å². The Morgan fingerprint density at radius 1 is 1.14 bits per heavy atom. The Hall–Kier alpha value is -1.31.